The summed E-state index contributed by atoms with van der Waals surface area (Å²) in [5, 5.41) is 34.1. The summed E-state index contributed by atoms with van der Waals surface area (Å²) in [6, 6.07) is -0.913. The van der Waals surface area contributed by atoms with Gasteiger partial charge in [0.1, 0.15) is 12.6 Å². The lowest BCUT2D eigenvalue weighted by molar-refractivity contribution is -0.883. The van der Waals surface area contributed by atoms with Gasteiger partial charge in [-0.1, -0.05) is 13.5 Å². The summed E-state index contributed by atoms with van der Waals surface area (Å²) in [5.74, 6) is -3.28. The lowest BCUT2D eigenvalue weighted by Crippen LogP contribution is -2.51. The smallest absolute Gasteiger partial charge is 0.322 e. The molecule has 2 saturated heterocycles. The first-order valence-corrected chi connectivity index (χ1v) is 11.7. The number of quaternary nitrogens is 2. The quantitative estimate of drug-likeness (QED) is 0.132. The van der Waals surface area contributed by atoms with E-state index in [1.807, 2.05) is 14.1 Å². The van der Waals surface area contributed by atoms with Crippen LogP contribution in [0.5, 0.6) is 0 Å². The molecule has 0 bridgehead atoms. The fourth-order valence-electron chi connectivity index (χ4n) is 3.04. The van der Waals surface area contributed by atoms with Crippen molar-refractivity contribution < 1.29 is 48.3 Å². The molecule has 2 rings (SSSR count). The van der Waals surface area contributed by atoms with E-state index in [2.05, 4.69) is 24.1 Å². The molecule has 36 heavy (non-hydrogen) atoms. The van der Waals surface area contributed by atoms with Crippen LogP contribution in [0.1, 0.15) is 20.3 Å². The Morgan fingerprint density at radius 1 is 1.06 bits per heavy atom. The number of rotatable bonds is 12. The molecule has 2 amide bonds. The molecule has 0 aromatic rings. The fourth-order valence-corrected chi connectivity index (χ4v) is 3.04. The molecule has 206 valence electrons. The van der Waals surface area contributed by atoms with Crippen molar-refractivity contribution in [2.75, 3.05) is 74.0 Å². The molecule has 2 heterocycles. The van der Waals surface area contributed by atoms with Crippen LogP contribution in [0.3, 0.4) is 0 Å². The fraction of sp³-hybridized carbons (Fsp3) is 0.696. The van der Waals surface area contributed by atoms with E-state index in [1.54, 1.807) is 21.0 Å². The number of amides is 2. The summed E-state index contributed by atoms with van der Waals surface area (Å²) in [7, 11) is 7.48. The molecule has 13 nitrogen and oxygen atoms in total. The number of hydrogen-bond donors (Lipinski definition) is 3. The van der Waals surface area contributed by atoms with Crippen molar-refractivity contribution in [3.8, 4) is 0 Å². The summed E-state index contributed by atoms with van der Waals surface area (Å²) in [6.07, 6.45) is 1.00. The Kier molecular flexibility index (Phi) is 13.3. The van der Waals surface area contributed by atoms with E-state index in [9.17, 15) is 34.2 Å². The molecule has 0 aromatic heterocycles. The van der Waals surface area contributed by atoms with Crippen molar-refractivity contribution in [1.29, 1.82) is 0 Å². The van der Waals surface area contributed by atoms with Crippen LogP contribution in [-0.4, -0.2) is 135 Å². The summed E-state index contributed by atoms with van der Waals surface area (Å²) in [5.41, 5.74) is 0.445. The molecule has 0 aromatic carbocycles. The van der Waals surface area contributed by atoms with Gasteiger partial charge in [-0.3, -0.25) is 14.4 Å². The number of nitrogens with one attached hydrogen (secondary N) is 2. The Hall–Kier alpha value is -3.03. The van der Waals surface area contributed by atoms with Gasteiger partial charge in [-0.2, -0.15) is 0 Å². The van der Waals surface area contributed by atoms with Crippen molar-refractivity contribution in [3.05, 3.63) is 12.2 Å². The van der Waals surface area contributed by atoms with Crippen LogP contribution >= 0.6 is 0 Å². The highest BCUT2D eigenvalue weighted by Crippen LogP contribution is 2.17. The third-order valence-electron chi connectivity index (χ3n) is 5.25. The molecule has 2 atom stereocenters. The first kappa shape index (κ1) is 33.0. The lowest BCUT2D eigenvalue weighted by atomic mass is 10.3. The van der Waals surface area contributed by atoms with E-state index in [-0.39, 0.29) is 28.9 Å². The van der Waals surface area contributed by atoms with Crippen molar-refractivity contribution in [3.63, 3.8) is 0 Å². The van der Waals surface area contributed by atoms with E-state index in [1.165, 1.54) is 4.90 Å². The molecule has 2 unspecified atom stereocenters. The van der Waals surface area contributed by atoms with Crippen molar-refractivity contribution >= 4 is 29.7 Å². The average molecular weight is 516 g/mol. The van der Waals surface area contributed by atoms with Gasteiger partial charge in [-0.25, -0.2) is 0 Å². The van der Waals surface area contributed by atoms with Gasteiger partial charge in [0.2, 0.25) is 5.91 Å². The molecular weight excluding hydrogens is 474 g/mol. The van der Waals surface area contributed by atoms with Gasteiger partial charge in [0, 0.05) is 18.7 Å². The van der Waals surface area contributed by atoms with E-state index < -0.39 is 23.9 Å². The molecule has 0 spiro atoms. The van der Waals surface area contributed by atoms with Gasteiger partial charge in [0.05, 0.1) is 65.8 Å². The van der Waals surface area contributed by atoms with E-state index in [0.717, 1.165) is 13.0 Å². The zero-order valence-corrected chi connectivity index (χ0v) is 22.2. The minimum absolute atomic E-state index is 0.0665. The number of nitrogens with zero attached hydrogens (tertiary/aromatic N) is 3. The number of carbonyl (C=O) groups is 5. The number of likely N-dealkylation sites (N-methyl/N-ethyl adjacent to an activating group) is 2. The molecule has 3 N–H and O–H groups in total. The van der Waals surface area contributed by atoms with E-state index in [0.29, 0.717) is 42.8 Å². The maximum absolute atomic E-state index is 11.6. The predicted molar refractivity (Wildman–Crippen MR) is 127 cm³/mol. The molecule has 2 aliphatic heterocycles. The van der Waals surface area contributed by atoms with Gasteiger partial charge in [-0.05, 0) is 13.3 Å². The highest BCUT2D eigenvalue weighted by Gasteiger charge is 2.41. The molecule has 0 aliphatic carbocycles. The van der Waals surface area contributed by atoms with Crippen LogP contribution < -0.4 is 20.8 Å². The van der Waals surface area contributed by atoms with Crippen LogP contribution in [0.4, 0.5) is 0 Å². The maximum atomic E-state index is 11.6. The van der Waals surface area contributed by atoms with Crippen LogP contribution in [0.15, 0.2) is 12.2 Å². The van der Waals surface area contributed by atoms with E-state index >= 15 is 0 Å². The standard InChI is InChI=1S/2C10H18N2O3.C3H5NO2/c1-4-5-12(2,3)7-9(13)11-6-8(11)10(14)15;1-8(2)10(15)11-5-6-12(3,4)7-9(13)14;5-3(6)2-1-4-2/h8H,4-7H2,1-3H3;1,5-7H2,2-4H3,(H-,11,13,14,15);2,4H,1H2,(H,5,6). The van der Waals surface area contributed by atoms with Crippen molar-refractivity contribution in [2.24, 2.45) is 0 Å². The summed E-state index contributed by atoms with van der Waals surface area (Å²) < 4.78 is 0.879. The van der Waals surface area contributed by atoms with Crippen LogP contribution in [0.2, 0.25) is 0 Å². The van der Waals surface area contributed by atoms with Crippen molar-refractivity contribution in [1.82, 2.24) is 15.5 Å². The van der Waals surface area contributed by atoms with Crippen LogP contribution in [-0.2, 0) is 24.0 Å². The Morgan fingerprint density at radius 2 is 1.58 bits per heavy atom. The number of aliphatic carboxylic acids is 3. The maximum Gasteiger partial charge on any atom is 0.322 e. The first-order chi connectivity index (χ1) is 16.4. The van der Waals surface area contributed by atoms with Crippen LogP contribution in [0, 0.1) is 0 Å². The number of carboxylic acid groups (broad SMARTS) is 3. The number of carboxylic acids is 3. The second-order valence-corrected chi connectivity index (χ2v) is 10.2. The largest absolute Gasteiger partial charge is 0.548 e. The first-order valence-electron chi connectivity index (χ1n) is 11.7. The third-order valence-corrected chi connectivity index (χ3v) is 5.25. The normalized spacial score (nSPS) is 17.9. The van der Waals surface area contributed by atoms with Gasteiger partial charge in [0.25, 0.3) is 5.91 Å². The van der Waals surface area contributed by atoms with Gasteiger partial charge in [0.15, 0.2) is 6.54 Å². The number of carbonyl (C=O) groups excluding carboxylic acids is 4. The monoisotopic (exact) mass is 515 g/mol. The average Bonchev–Trinajstić information content (AvgIpc) is 3.60. The highest BCUT2D eigenvalue weighted by molar-refractivity contribution is 5.92. The predicted octanol–water partition coefficient (Wildman–Crippen LogP) is -4.02. The Balaban J connectivity index is 0.000000553. The third kappa shape index (κ3) is 15.1. The topological polar surface area (TPSA) is 189 Å². The Morgan fingerprint density at radius 3 is 1.92 bits per heavy atom. The SMILES string of the molecule is C=C(C)C(=O)NCC[N+](C)(C)CC(=O)[O-].CCC[N+](C)(C)CC(=O)N1CC1C(=O)[O-].O=C(O)C1CN1. The molecule has 0 radical (unpaired) electrons. The Bertz CT molecular complexity index is 823. The summed E-state index contributed by atoms with van der Waals surface area (Å²) >= 11 is 0. The van der Waals surface area contributed by atoms with Gasteiger partial charge >= 0.3 is 5.97 Å². The zero-order valence-electron chi connectivity index (χ0n) is 22.2. The molecular formula is C23H41N5O8. The Labute approximate surface area is 212 Å². The van der Waals surface area contributed by atoms with Crippen molar-refractivity contribution in [2.45, 2.75) is 32.4 Å². The highest BCUT2D eigenvalue weighted by atomic mass is 16.4. The van der Waals surface area contributed by atoms with Gasteiger partial charge in [-0.15, -0.1) is 0 Å². The second kappa shape index (κ2) is 14.5. The molecule has 2 fully saturated rings. The number of hydrogen-bond acceptors (Lipinski definition) is 8. The molecule has 13 heteroatoms. The lowest BCUT2D eigenvalue weighted by Gasteiger charge is -2.30. The van der Waals surface area contributed by atoms with Gasteiger partial charge < -0.3 is 49.4 Å². The molecule has 0 saturated carbocycles. The van der Waals surface area contributed by atoms with E-state index in [4.69, 9.17) is 5.11 Å². The molecule has 2 aliphatic rings. The summed E-state index contributed by atoms with van der Waals surface area (Å²) in [6.45, 7) is 10.3. The second-order valence-electron chi connectivity index (χ2n) is 10.2. The van der Waals surface area contributed by atoms with Crippen LogP contribution in [0.25, 0.3) is 0 Å². The zero-order chi connectivity index (χ0) is 28.3. The minimum Gasteiger partial charge on any atom is -0.548 e. The summed E-state index contributed by atoms with van der Waals surface area (Å²) in [4.78, 5) is 54.6. The minimum atomic E-state index is -1.15.